The number of nitrogens with zero attached hydrogens (tertiary/aromatic N) is 4. The van der Waals surface area contributed by atoms with E-state index < -0.39 is 0 Å². The van der Waals surface area contributed by atoms with Crippen LogP contribution in [0.1, 0.15) is 27.1 Å². The van der Waals surface area contributed by atoms with E-state index in [4.69, 9.17) is 0 Å². The van der Waals surface area contributed by atoms with Gasteiger partial charge in [0.05, 0.1) is 3.79 Å². The third kappa shape index (κ3) is 9.47. The van der Waals surface area contributed by atoms with Crippen LogP contribution in [0.15, 0.2) is 148 Å². The first kappa shape index (κ1) is 41.6. The number of halogens is 2. The molecule has 2 aromatic heterocycles. The molecule has 282 valence electrons. The Labute approximate surface area is 350 Å². The van der Waals surface area contributed by atoms with Gasteiger partial charge in [-0.1, -0.05) is 42.5 Å². The summed E-state index contributed by atoms with van der Waals surface area (Å²) in [5, 5.41) is 3.47. The summed E-state index contributed by atoms with van der Waals surface area (Å²) in [6, 6.07) is 28.5. The number of allylic oxidation sites excluding steroid dienone is 10. The van der Waals surface area contributed by atoms with Crippen LogP contribution in [0.2, 0.25) is 0 Å². The summed E-state index contributed by atoms with van der Waals surface area (Å²) in [7, 11) is 16.6. The zero-order valence-electron chi connectivity index (χ0n) is 33.1. The Hall–Kier alpha value is -4.53. The van der Waals surface area contributed by atoms with Crippen molar-refractivity contribution >= 4 is 95.0 Å². The maximum Gasteiger partial charge on any atom is 0.199 e. The Bertz CT molecular complexity index is 2390. The molecule has 7 rings (SSSR count). The SMILES string of the molecule is CN(C)c1ccc(C(=C2C=CC(=[N+](C)C)C=C2)c2ccsc2Br)cc1.Cc1c(C(=C2C=CC(=[N+](C)C)C=C2)c2ccc(N(C)C)cc2)sc2ccccc12.Cl. The molecule has 4 nitrogen and oxygen atoms in total. The van der Waals surface area contributed by atoms with E-state index in [1.807, 2.05) is 11.3 Å². The molecule has 2 aliphatic carbocycles. The molecule has 0 radical (unpaired) electrons. The molecule has 0 atom stereocenters. The van der Waals surface area contributed by atoms with Gasteiger partial charge in [0.25, 0.3) is 0 Å². The van der Waals surface area contributed by atoms with Crippen LogP contribution < -0.4 is 9.80 Å². The lowest BCUT2D eigenvalue weighted by Crippen LogP contribution is -2.10. The van der Waals surface area contributed by atoms with E-state index in [9.17, 15) is 0 Å². The predicted molar refractivity (Wildman–Crippen MR) is 250 cm³/mol. The Morgan fingerprint density at radius 3 is 1.45 bits per heavy atom. The summed E-state index contributed by atoms with van der Waals surface area (Å²) < 4.78 is 6.76. The van der Waals surface area contributed by atoms with Crippen molar-refractivity contribution < 1.29 is 9.15 Å². The lowest BCUT2D eigenvalue weighted by Gasteiger charge is -2.16. The van der Waals surface area contributed by atoms with Gasteiger partial charge in [-0.3, -0.25) is 0 Å². The molecule has 0 aliphatic heterocycles. The zero-order valence-corrected chi connectivity index (χ0v) is 37.1. The number of rotatable bonds is 6. The van der Waals surface area contributed by atoms with E-state index in [2.05, 4.69) is 231 Å². The van der Waals surface area contributed by atoms with Crippen LogP contribution in [0.4, 0.5) is 11.4 Å². The second kappa shape index (κ2) is 18.4. The summed E-state index contributed by atoms with van der Waals surface area (Å²) in [5.74, 6) is 0. The molecule has 0 spiro atoms. The van der Waals surface area contributed by atoms with Crippen LogP contribution in [-0.4, -0.2) is 77.0 Å². The van der Waals surface area contributed by atoms with Gasteiger partial charge in [-0.25, -0.2) is 9.15 Å². The highest BCUT2D eigenvalue weighted by atomic mass is 79.9. The van der Waals surface area contributed by atoms with Gasteiger partial charge >= 0.3 is 0 Å². The summed E-state index contributed by atoms with van der Waals surface area (Å²) in [6.45, 7) is 2.25. The molecular weight excluding hydrogens is 800 g/mol. The molecule has 2 aliphatic rings. The van der Waals surface area contributed by atoms with Crippen LogP contribution in [0.3, 0.4) is 0 Å². The first-order chi connectivity index (χ1) is 25.9. The number of anilines is 2. The van der Waals surface area contributed by atoms with E-state index >= 15 is 0 Å². The van der Waals surface area contributed by atoms with Gasteiger partial charge in [-0.05, 0) is 128 Å². The zero-order chi connectivity index (χ0) is 38.5. The lowest BCUT2D eigenvalue weighted by molar-refractivity contribution is -0.462. The second-order valence-electron chi connectivity index (χ2n) is 14.2. The van der Waals surface area contributed by atoms with Gasteiger partial charge < -0.3 is 9.80 Å². The molecule has 0 bridgehead atoms. The standard InChI is InChI=1S/C26H27N2S.C21H22BrN2S.ClH/c1-18-23-8-6-7-9-24(23)29-26(18)25(19-10-14-21(15-11-19)27(2)3)20-12-16-22(17-13-20)28(4)5;1-23(2)17-9-5-15(6-10-17)20(19-13-14-25-21(19)22)16-7-11-18(12-8-16)24(3)4;/h6-17H,1-5H3;5-14H,1-4H3;1H/q2*+1;. The predicted octanol–water partition coefficient (Wildman–Crippen LogP) is 11.6. The number of aryl methyl sites for hydroxylation is 1. The normalized spacial score (nSPS) is 13.1. The first-order valence-electron chi connectivity index (χ1n) is 18.0. The van der Waals surface area contributed by atoms with Crippen molar-refractivity contribution in [3.05, 3.63) is 175 Å². The van der Waals surface area contributed by atoms with E-state index in [0.29, 0.717) is 0 Å². The molecule has 3 aromatic carbocycles. The molecule has 0 saturated heterocycles. The Morgan fingerprint density at radius 1 is 0.582 bits per heavy atom. The van der Waals surface area contributed by atoms with Crippen molar-refractivity contribution in [1.29, 1.82) is 0 Å². The average molecular weight is 850 g/mol. The molecule has 0 amide bonds. The number of thiophene rings is 2. The van der Waals surface area contributed by atoms with Crippen molar-refractivity contribution in [1.82, 2.24) is 0 Å². The van der Waals surface area contributed by atoms with Gasteiger partial charge in [0.15, 0.2) is 11.4 Å². The van der Waals surface area contributed by atoms with Crippen LogP contribution >= 0.6 is 51.0 Å². The number of hydrogen-bond donors (Lipinski definition) is 0. The van der Waals surface area contributed by atoms with E-state index in [1.54, 1.807) is 11.3 Å². The summed E-state index contributed by atoms with van der Waals surface area (Å²) in [4.78, 5) is 5.61. The first-order valence-corrected chi connectivity index (χ1v) is 20.5. The average Bonchev–Trinajstić information content (AvgIpc) is 3.75. The topological polar surface area (TPSA) is 12.5 Å². The minimum atomic E-state index is 0. The number of benzene rings is 3. The third-order valence-electron chi connectivity index (χ3n) is 9.65. The fourth-order valence-corrected chi connectivity index (χ4v) is 9.07. The summed E-state index contributed by atoms with van der Waals surface area (Å²) in [6.07, 6.45) is 17.6. The quantitative estimate of drug-likeness (QED) is 0.158. The van der Waals surface area contributed by atoms with Crippen molar-refractivity contribution in [2.24, 2.45) is 0 Å². The van der Waals surface area contributed by atoms with Crippen molar-refractivity contribution in [3.8, 4) is 0 Å². The number of hydrogen-bond acceptors (Lipinski definition) is 4. The minimum Gasteiger partial charge on any atom is -0.378 e. The highest BCUT2D eigenvalue weighted by Gasteiger charge is 2.19. The van der Waals surface area contributed by atoms with Crippen molar-refractivity contribution in [2.45, 2.75) is 6.92 Å². The Kier molecular flexibility index (Phi) is 13.9. The largest absolute Gasteiger partial charge is 0.378 e. The van der Waals surface area contributed by atoms with Crippen LogP contribution in [-0.2, 0) is 0 Å². The van der Waals surface area contributed by atoms with E-state index in [-0.39, 0.29) is 12.4 Å². The Morgan fingerprint density at radius 2 is 1.04 bits per heavy atom. The fourth-order valence-electron chi connectivity index (χ4n) is 6.50. The second-order valence-corrected chi connectivity index (χ2v) is 17.5. The molecular formula is C47H50BrClN4S2+2. The monoisotopic (exact) mass is 848 g/mol. The van der Waals surface area contributed by atoms with E-state index in [1.165, 1.54) is 82.3 Å². The molecule has 5 aromatic rings. The van der Waals surface area contributed by atoms with Gasteiger partial charge in [-0.15, -0.1) is 35.1 Å². The van der Waals surface area contributed by atoms with Gasteiger partial charge in [0.1, 0.15) is 28.2 Å². The maximum atomic E-state index is 3.72. The highest BCUT2D eigenvalue weighted by molar-refractivity contribution is 9.11. The fraction of sp³-hybridized carbons (Fsp3) is 0.191. The molecule has 0 N–H and O–H groups in total. The highest BCUT2D eigenvalue weighted by Crippen LogP contribution is 2.41. The number of fused-ring (bicyclic) bond motifs is 1. The van der Waals surface area contributed by atoms with Crippen molar-refractivity contribution in [3.63, 3.8) is 0 Å². The summed E-state index contributed by atoms with van der Waals surface area (Å²) in [5.41, 5.74) is 14.9. The molecule has 55 heavy (non-hydrogen) atoms. The molecule has 2 heterocycles. The molecule has 0 unspecified atom stereocenters. The lowest BCUT2D eigenvalue weighted by atomic mass is 9.92. The smallest absolute Gasteiger partial charge is 0.199 e. The van der Waals surface area contributed by atoms with Crippen LogP contribution in [0.25, 0.3) is 21.2 Å². The third-order valence-corrected chi connectivity index (χ3v) is 12.6. The van der Waals surface area contributed by atoms with Gasteiger partial charge in [-0.2, -0.15) is 0 Å². The minimum absolute atomic E-state index is 0. The summed E-state index contributed by atoms with van der Waals surface area (Å²) >= 11 is 7.32. The maximum absolute atomic E-state index is 3.72. The van der Waals surface area contributed by atoms with Gasteiger partial charge in [0.2, 0.25) is 0 Å². The Balaban J connectivity index is 0.000000210. The van der Waals surface area contributed by atoms with Crippen molar-refractivity contribution in [2.75, 3.05) is 66.2 Å². The van der Waals surface area contributed by atoms with Crippen LogP contribution in [0.5, 0.6) is 0 Å². The van der Waals surface area contributed by atoms with E-state index in [0.717, 1.165) is 3.79 Å². The molecule has 8 heteroatoms. The van der Waals surface area contributed by atoms with Crippen LogP contribution in [0, 0.1) is 6.92 Å². The van der Waals surface area contributed by atoms with Gasteiger partial charge in [0, 0.05) is 84.6 Å². The molecule has 0 fully saturated rings. The molecule has 0 saturated carbocycles.